The normalized spacial score (nSPS) is 25.8. The molecule has 0 unspecified atom stereocenters. The minimum absolute atomic E-state index is 0.0297. The molecule has 1 amide bonds. The fourth-order valence-electron chi connectivity index (χ4n) is 1.79. The third-order valence-electron chi connectivity index (χ3n) is 2.69. The maximum absolute atomic E-state index is 12.0. The van der Waals surface area contributed by atoms with E-state index in [2.05, 4.69) is 9.97 Å². The Morgan fingerprint density at radius 2 is 2.31 bits per heavy atom. The highest BCUT2D eigenvalue weighted by Crippen LogP contribution is 2.13. The van der Waals surface area contributed by atoms with Crippen LogP contribution in [0.4, 0.5) is 0 Å². The number of nitrogens with one attached hydrogen (secondary N) is 2. The summed E-state index contributed by atoms with van der Waals surface area (Å²) in [6.07, 6.45) is 1.43. The predicted molar refractivity (Wildman–Crippen MR) is 57.3 cm³/mol. The first kappa shape index (κ1) is 10.9. The van der Waals surface area contributed by atoms with Crippen LogP contribution in [-0.4, -0.2) is 46.1 Å². The monoisotopic (exact) mass is 225 g/mol. The molecule has 2 atom stereocenters. The van der Waals surface area contributed by atoms with E-state index in [4.69, 9.17) is 4.74 Å². The molecule has 16 heavy (non-hydrogen) atoms. The number of hydrogen-bond donors (Lipinski definition) is 2. The molecule has 1 saturated heterocycles. The number of nitrogens with zero attached hydrogens (tertiary/aromatic N) is 1. The van der Waals surface area contributed by atoms with Crippen molar-refractivity contribution in [3.63, 3.8) is 0 Å². The van der Waals surface area contributed by atoms with E-state index >= 15 is 0 Å². The zero-order valence-corrected chi connectivity index (χ0v) is 9.32. The summed E-state index contributed by atoms with van der Waals surface area (Å²) in [5, 5.41) is 0. The van der Waals surface area contributed by atoms with Crippen LogP contribution >= 0.6 is 0 Å². The summed E-state index contributed by atoms with van der Waals surface area (Å²) in [6.45, 7) is 4.93. The molecule has 1 aromatic heterocycles. The van der Waals surface area contributed by atoms with Gasteiger partial charge in [0.1, 0.15) is 5.69 Å². The van der Waals surface area contributed by atoms with Gasteiger partial charge in [0.05, 0.1) is 18.8 Å². The number of aromatic amines is 2. The average molecular weight is 225 g/mol. The highest BCUT2D eigenvalue weighted by Gasteiger charge is 2.28. The van der Waals surface area contributed by atoms with E-state index in [0.717, 1.165) is 0 Å². The summed E-state index contributed by atoms with van der Waals surface area (Å²) in [4.78, 5) is 29.6. The van der Waals surface area contributed by atoms with Gasteiger partial charge in [0, 0.05) is 12.7 Å². The van der Waals surface area contributed by atoms with E-state index in [-0.39, 0.29) is 23.7 Å². The molecule has 2 rings (SSSR count). The zero-order chi connectivity index (χ0) is 11.7. The molecule has 0 aromatic carbocycles. The lowest BCUT2D eigenvalue weighted by atomic mass is 10.2. The molecule has 0 aliphatic carbocycles. The Morgan fingerprint density at radius 3 is 2.94 bits per heavy atom. The minimum Gasteiger partial charge on any atom is -0.375 e. The number of imidazole rings is 1. The van der Waals surface area contributed by atoms with Gasteiger partial charge in [0.2, 0.25) is 0 Å². The Bertz CT molecular complexity index is 437. The topological polar surface area (TPSA) is 78.2 Å². The number of ether oxygens (including phenoxy) is 1. The third-order valence-corrected chi connectivity index (χ3v) is 2.69. The van der Waals surface area contributed by atoms with Crippen molar-refractivity contribution in [2.75, 3.05) is 13.2 Å². The summed E-state index contributed by atoms with van der Waals surface area (Å²) in [7, 11) is 0. The van der Waals surface area contributed by atoms with Crippen LogP contribution in [0.1, 0.15) is 24.3 Å². The smallest absolute Gasteiger partial charge is 0.323 e. The van der Waals surface area contributed by atoms with Crippen molar-refractivity contribution in [2.45, 2.75) is 26.0 Å². The second-order valence-electron chi connectivity index (χ2n) is 4.11. The molecule has 1 aliphatic rings. The molecule has 1 aliphatic heterocycles. The highest BCUT2D eigenvalue weighted by atomic mass is 16.5. The van der Waals surface area contributed by atoms with Crippen LogP contribution < -0.4 is 5.69 Å². The number of amides is 1. The molecule has 2 N–H and O–H groups in total. The van der Waals surface area contributed by atoms with E-state index < -0.39 is 0 Å². The van der Waals surface area contributed by atoms with Gasteiger partial charge in [-0.3, -0.25) is 4.79 Å². The lowest BCUT2D eigenvalue weighted by Gasteiger charge is -2.36. The van der Waals surface area contributed by atoms with Crippen molar-refractivity contribution < 1.29 is 9.53 Å². The van der Waals surface area contributed by atoms with Gasteiger partial charge < -0.3 is 19.6 Å². The van der Waals surface area contributed by atoms with E-state index in [9.17, 15) is 9.59 Å². The summed E-state index contributed by atoms with van der Waals surface area (Å²) in [5.74, 6) is -0.166. The summed E-state index contributed by atoms with van der Waals surface area (Å²) in [5.41, 5.74) is -0.0664. The van der Waals surface area contributed by atoms with Gasteiger partial charge in [-0.2, -0.15) is 0 Å². The van der Waals surface area contributed by atoms with Gasteiger partial charge in [-0.1, -0.05) is 0 Å². The fraction of sp³-hybridized carbons (Fsp3) is 0.600. The van der Waals surface area contributed by atoms with Crippen LogP contribution in [0.3, 0.4) is 0 Å². The van der Waals surface area contributed by atoms with Crippen molar-refractivity contribution in [1.29, 1.82) is 0 Å². The molecule has 88 valence electrons. The molecule has 0 bridgehead atoms. The number of rotatable bonds is 1. The molecule has 1 fully saturated rings. The first-order valence-electron chi connectivity index (χ1n) is 5.28. The second kappa shape index (κ2) is 4.13. The van der Waals surface area contributed by atoms with E-state index in [1.165, 1.54) is 6.20 Å². The summed E-state index contributed by atoms with van der Waals surface area (Å²) in [6, 6.07) is 0.0297. The van der Waals surface area contributed by atoms with E-state index in [1.807, 2.05) is 13.8 Å². The van der Waals surface area contributed by atoms with E-state index in [0.29, 0.717) is 18.8 Å². The molecule has 2 heterocycles. The molecular formula is C10H15N3O3. The standard InChI is InChI=1S/C10H15N3O3/c1-6-5-16-7(2)4-13(6)9(14)8-3-11-10(15)12-8/h3,6-7H,4-5H2,1-2H3,(H2,11,12,15)/t6-,7+/m1/s1. The first-order chi connectivity index (χ1) is 7.58. The lowest BCUT2D eigenvalue weighted by molar-refractivity contribution is -0.0388. The Morgan fingerprint density at radius 1 is 1.56 bits per heavy atom. The third kappa shape index (κ3) is 2.01. The Hall–Kier alpha value is -1.56. The van der Waals surface area contributed by atoms with Crippen LogP contribution in [0.2, 0.25) is 0 Å². The first-order valence-corrected chi connectivity index (χ1v) is 5.28. The number of carbonyl (C=O) groups excluding carboxylic acids is 1. The van der Waals surface area contributed by atoms with Gasteiger partial charge in [-0.05, 0) is 13.8 Å². The van der Waals surface area contributed by atoms with Gasteiger partial charge in [-0.25, -0.2) is 4.79 Å². The highest BCUT2D eigenvalue weighted by molar-refractivity contribution is 5.92. The van der Waals surface area contributed by atoms with Crippen LogP contribution in [0.5, 0.6) is 0 Å². The quantitative estimate of drug-likeness (QED) is 0.703. The maximum Gasteiger partial charge on any atom is 0.323 e. The van der Waals surface area contributed by atoms with Crippen LogP contribution in [0, 0.1) is 0 Å². The molecule has 0 saturated carbocycles. The summed E-state index contributed by atoms with van der Waals surface area (Å²) < 4.78 is 5.44. The number of H-pyrrole nitrogens is 2. The number of aromatic nitrogens is 2. The second-order valence-corrected chi connectivity index (χ2v) is 4.11. The van der Waals surface area contributed by atoms with Gasteiger partial charge in [-0.15, -0.1) is 0 Å². The Kier molecular flexibility index (Phi) is 2.82. The van der Waals surface area contributed by atoms with Crippen LogP contribution in [0.15, 0.2) is 11.0 Å². The van der Waals surface area contributed by atoms with Gasteiger partial charge in [0.15, 0.2) is 0 Å². The van der Waals surface area contributed by atoms with Crippen molar-refractivity contribution in [3.8, 4) is 0 Å². The lowest BCUT2D eigenvalue weighted by Crippen LogP contribution is -2.50. The number of carbonyl (C=O) groups is 1. The Labute approximate surface area is 92.6 Å². The number of hydrogen-bond acceptors (Lipinski definition) is 3. The molecule has 1 aromatic rings. The van der Waals surface area contributed by atoms with Crippen molar-refractivity contribution in [1.82, 2.24) is 14.9 Å². The van der Waals surface area contributed by atoms with Gasteiger partial charge >= 0.3 is 5.69 Å². The number of morpholine rings is 1. The van der Waals surface area contributed by atoms with Crippen molar-refractivity contribution in [3.05, 3.63) is 22.4 Å². The maximum atomic E-state index is 12.0. The van der Waals surface area contributed by atoms with Crippen molar-refractivity contribution in [2.24, 2.45) is 0 Å². The zero-order valence-electron chi connectivity index (χ0n) is 9.32. The molecule has 6 heteroatoms. The van der Waals surface area contributed by atoms with E-state index in [1.54, 1.807) is 4.90 Å². The summed E-state index contributed by atoms with van der Waals surface area (Å²) >= 11 is 0. The average Bonchev–Trinajstić information content (AvgIpc) is 2.67. The molecular weight excluding hydrogens is 210 g/mol. The fourth-order valence-corrected chi connectivity index (χ4v) is 1.79. The molecule has 0 radical (unpaired) electrons. The van der Waals surface area contributed by atoms with Crippen LogP contribution in [0.25, 0.3) is 0 Å². The van der Waals surface area contributed by atoms with Crippen LogP contribution in [-0.2, 0) is 4.74 Å². The van der Waals surface area contributed by atoms with Crippen molar-refractivity contribution >= 4 is 5.91 Å². The van der Waals surface area contributed by atoms with Gasteiger partial charge in [0.25, 0.3) is 5.91 Å². The largest absolute Gasteiger partial charge is 0.375 e. The molecule has 6 nitrogen and oxygen atoms in total. The predicted octanol–water partition coefficient (Wildman–Crippen LogP) is -0.0476. The Balaban J connectivity index is 2.17. The molecule has 0 spiro atoms. The SMILES string of the molecule is C[C@@H]1CO[C@@H](C)CN1C(=O)c1c[nH]c(=O)[nH]1. The minimum atomic E-state index is -0.364.